The molecule has 1 aliphatic rings. The number of Topliss-reactive ketones (excluding diaryl/α,β-unsaturated/α-hetero) is 1. The summed E-state index contributed by atoms with van der Waals surface area (Å²) in [6.45, 7) is 7.76. The Morgan fingerprint density at radius 3 is 2.27 bits per heavy atom. The first-order valence-corrected chi connectivity index (χ1v) is 12.3. The van der Waals surface area contributed by atoms with Crippen LogP contribution in [0.4, 0.5) is 11.4 Å². The molecule has 0 aliphatic carbocycles. The van der Waals surface area contributed by atoms with Gasteiger partial charge in [0.05, 0.1) is 31.4 Å². The Morgan fingerprint density at radius 2 is 1.65 bits per heavy atom. The Labute approximate surface area is 217 Å². The minimum absolute atomic E-state index is 0.00677. The highest BCUT2D eigenvalue weighted by Crippen LogP contribution is 2.44. The molecule has 4 rings (SSSR count). The van der Waals surface area contributed by atoms with Gasteiger partial charge in [-0.2, -0.15) is 0 Å². The Morgan fingerprint density at radius 1 is 0.946 bits per heavy atom. The number of ketones is 1. The van der Waals surface area contributed by atoms with Crippen LogP contribution in [0.3, 0.4) is 0 Å². The summed E-state index contributed by atoms with van der Waals surface area (Å²) in [5.41, 5.74) is 3.47. The number of aliphatic hydroxyl groups is 1. The van der Waals surface area contributed by atoms with Crippen molar-refractivity contribution in [3.63, 3.8) is 0 Å². The number of ether oxygens (including phenoxy) is 2. The van der Waals surface area contributed by atoms with E-state index in [1.807, 2.05) is 37.3 Å². The van der Waals surface area contributed by atoms with Gasteiger partial charge in [-0.15, -0.1) is 0 Å². The molecule has 1 saturated heterocycles. The van der Waals surface area contributed by atoms with E-state index in [1.54, 1.807) is 43.5 Å². The predicted octanol–water partition coefficient (Wildman–Crippen LogP) is 5.48. The molecule has 0 aromatic heterocycles. The van der Waals surface area contributed by atoms with E-state index in [1.165, 1.54) is 12.0 Å². The number of carbonyl (C=O) groups is 2. The Hall–Kier alpha value is -4.26. The molecule has 0 spiro atoms. The number of amides is 1. The molecular formula is C30H32N2O5. The van der Waals surface area contributed by atoms with Gasteiger partial charge >= 0.3 is 0 Å². The molecule has 7 heteroatoms. The van der Waals surface area contributed by atoms with E-state index in [0.717, 1.165) is 24.3 Å². The lowest BCUT2D eigenvalue weighted by Crippen LogP contribution is -2.29. The maximum absolute atomic E-state index is 13.5. The average Bonchev–Trinajstić information content (AvgIpc) is 3.19. The van der Waals surface area contributed by atoms with E-state index >= 15 is 0 Å². The molecule has 7 nitrogen and oxygen atoms in total. The fraction of sp³-hybridized carbons (Fsp3) is 0.267. The van der Waals surface area contributed by atoms with Gasteiger partial charge in [0.25, 0.3) is 11.7 Å². The zero-order valence-electron chi connectivity index (χ0n) is 21.8. The van der Waals surface area contributed by atoms with Gasteiger partial charge in [-0.05, 0) is 62.7 Å². The second kappa shape index (κ2) is 10.8. The lowest BCUT2D eigenvalue weighted by atomic mass is 9.94. The number of nitrogens with zero attached hydrogens (tertiary/aromatic N) is 2. The lowest BCUT2D eigenvalue weighted by Gasteiger charge is -2.27. The fourth-order valence-corrected chi connectivity index (χ4v) is 4.78. The number of methoxy groups -OCH3 is 2. The molecule has 0 bridgehead atoms. The van der Waals surface area contributed by atoms with Crippen LogP contribution in [0, 0.1) is 6.92 Å². The van der Waals surface area contributed by atoms with E-state index in [2.05, 4.69) is 18.7 Å². The van der Waals surface area contributed by atoms with Crippen molar-refractivity contribution in [2.45, 2.75) is 26.8 Å². The molecule has 1 unspecified atom stereocenters. The minimum atomic E-state index is -0.844. The molecular weight excluding hydrogens is 468 g/mol. The topological polar surface area (TPSA) is 79.3 Å². The van der Waals surface area contributed by atoms with Gasteiger partial charge in [0.2, 0.25) is 0 Å². The quantitative estimate of drug-likeness (QED) is 0.251. The number of aliphatic hydroxyl groups excluding tert-OH is 1. The fourth-order valence-electron chi connectivity index (χ4n) is 4.78. The number of rotatable bonds is 8. The van der Waals surface area contributed by atoms with Crippen molar-refractivity contribution in [1.82, 2.24) is 0 Å². The molecule has 192 valence electrons. The van der Waals surface area contributed by atoms with Gasteiger partial charge in [0, 0.05) is 30.5 Å². The highest BCUT2D eigenvalue weighted by molar-refractivity contribution is 6.51. The minimum Gasteiger partial charge on any atom is -0.507 e. The van der Waals surface area contributed by atoms with E-state index in [9.17, 15) is 14.7 Å². The molecule has 37 heavy (non-hydrogen) atoms. The summed E-state index contributed by atoms with van der Waals surface area (Å²) in [5.74, 6) is -0.801. The Balaban J connectivity index is 1.95. The molecule has 1 amide bonds. The molecule has 3 aromatic rings. The maximum atomic E-state index is 13.5. The molecule has 1 fully saturated rings. The first-order chi connectivity index (χ1) is 17.8. The first kappa shape index (κ1) is 25.8. The van der Waals surface area contributed by atoms with Gasteiger partial charge < -0.3 is 19.5 Å². The first-order valence-electron chi connectivity index (χ1n) is 12.3. The lowest BCUT2D eigenvalue weighted by molar-refractivity contribution is -0.132. The summed E-state index contributed by atoms with van der Waals surface area (Å²) >= 11 is 0. The van der Waals surface area contributed by atoms with Crippen LogP contribution in [0.1, 0.15) is 36.6 Å². The molecule has 0 radical (unpaired) electrons. The van der Waals surface area contributed by atoms with Crippen LogP contribution in [0.5, 0.6) is 11.5 Å². The van der Waals surface area contributed by atoms with Crippen molar-refractivity contribution >= 4 is 28.8 Å². The number of carbonyl (C=O) groups excluding carboxylic acids is 2. The summed E-state index contributed by atoms with van der Waals surface area (Å²) in [6, 6.07) is 19.2. The van der Waals surface area contributed by atoms with Crippen LogP contribution in [-0.4, -0.2) is 44.1 Å². The van der Waals surface area contributed by atoms with Gasteiger partial charge in [0.1, 0.15) is 17.3 Å². The van der Waals surface area contributed by atoms with Crippen molar-refractivity contribution in [2.24, 2.45) is 0 Å². The highest BCUT2D eigenvalue weighted by Gasteiger charge is 2.47. The SMILES string of the molecule is CCN(CC)c1ccc(C2/C(=C(\O)c3cc(C)ccc3OC)C(=O)C(=O)N2c2cccc(OC)c2)cc1. The maximum Gasteiger partial charge on any atom is 0.300 e. The second-order valence-corrected chi connectivity index (χ2v) is 8.84. The molecule has 1 atom stereocenters. The molecule has 0 saturated carbocycles. The zero-order chi connectivity index (χ0) is 26.7. The van der Waals surface area contributed by atoms with E-state index in [-0.39, 0.29) is 11.3 Å². The predicted molar refractivity (Wildman–Crippen MR) is 146 cm³/mol. The van der Waals surface area contributed by atoms with Crippen molar-refractivity contribution in [1.29, 1.82) is 0 Å². The Kier molecular flexibility index (Phi) is 7.53. The Bertz CT molecular complexity index is 1340. The molecule has 1 N–H and O–H groups in total. The smallest absolute Gasteiger partial charge is 0.300 e. The summed E-state index contributed by atoms with van der Waals surface area (Å²) < 4.78 is 10.8. The van der Waals surface area contributed by atoms with Crippen LogP contribution in [0.15, 0.2) is 72.3 Å². The number of benzene rings is 3. The van der Waals surface area contributed by atoms with Crippen molar-refractivity contribution in [3.8, 4) is 11.5 Å². The molecule has 3 aromatic carbocycles. The average molecular weight is 501 g/mol. The van der Waals surface area contributed by atoms with Crippen molar-refractivity contribution in [3.05, 3.63) is 89.0 Å². The number of anilines is 2. The monoisotopic (exact) mass is 500 g/mol. The van der Waals surface area contributed by atoms with Crippen LogP contribution < -0.4 is 19.3 Å². The number of hydrogen-bond acceptors (Lipinski definition) is 6. The van der Waals surface area contributed by atoms with Crippen molar-refractivity contribution < 1.29 is 24.2 Å². The number of hydrogen-bond donors (Lipinski definition) is 1. The molecule has 1 heterocycles. The third-order valence-electron chi connectivity index (χ3n) is 6.72. The van der Waals surface area contributed by atoms with Gasteiger partial charge in [0.15, 0.2) is 0 Å². The highest BCUT2D eigenvalue weighted by atomic mass is 16.5. The number of aryl methyl sites for hydroxylation is 1. The second-order valence-electron chi connectivity index (χ2n) is 8.84. The normalized spacial score (nSPS) is 16.7. The zero-order valence-corrected chi connectivity index (χ0v) is 21.8. The third-order valence-corrected chi connectivity index (χ3v) is 6.72. The van der Waals surface area contributed by atoms with Crippen molar-refractivity contribution in [2.75, 3.05) is 37.1 Å². The van der Waals surface area contributed by atoms with Crippen LogP contribution in [0.25, 0.3) is 5.76 Å². The summed E-state index contributed by atoms with van der Waals surface area (Å²) in [7, 11) is 3.04. The van der Waals surface area contributed by atoms with E-state index in [4.69, 9.17) is 9.47 Å². The van der Waals surface area contributed by atoms with Gasteiger partial charge in [-0.25, -0.2) is 0 Å². The van der Waals surface area contributed by atoms with Crippen LogP contribution in [-0.2, 0) is 9.59 Å². The van der Waals surface area contributed by atoms with Crippen LogP contribution >= 0.6 is 0 Å². The summed E-state index contributed by atoms with van der Waals surface area (Å²) in [5, 5.41) is 11.5. The summed E-state index contributed by atoms with van der Waals surface area (Å²) in [4.78, 5) is 30.6. The third kappa shape index (κ3) is 4.77. The van der Waals surface area contributed by atoms with Gasteiger partial charge in [-0.1, -0.05) is 29.8 Å². The standard InChI is InChI=1S/C30H32N2O5/c1-6-31(7-2)21-14-12-20(13-15-21)27-26(28(33)24-17-19(3)11-16-25(24)37-5)29(34)30(35)32(27)22-9-8-10-23(18-22)36-4/h8-18,27,33H,6-7H2,1-5H3/b28-26+. The van der Waals surface area contributed by atoms with Gasteiger partial charge in [-0.3, -0.25) is 14.5 Å². The summed E-state index contributed by atoms with van der Waals surface area (Å²) in [6.07, 6.45) is 0. The van der Waals surface area contributed by atoms with E-state index < -0.39 is 17.7 Å². The molecule has 1 aliphatic heterocycles. The van der Waals surface area contributed by atoms with E-state index in [0.29, 0.717) is 28.3 Å². The largest absolute Gasteiger partial charge is 0.507 e. The van der Waals surface area contributed by atoms with Crippen LogP contribution in [0.2, 0.25) is 0 Å².